The van der Waals surface area contributed by atoms with Gasteiger partial charge in [0.1, 0.15) is 5.82 Å². The zero-order chi connectivity index (χ0) is 11.4. The molecule has 2 rings (SSSR count). The fourth-order valence-electron chi connectivity index (χ4n) is 1.69. The van der Waals surface area contributed by atoms with Crippen LogP contribution in [0.15, 0.2) is 48.7 Å². The van der Waals surface area contributed by atoms with E-state index in [2.05, 4.69) is 4.98 Å². The maximum Gasteiger partial charge on any atom is 0.123 e. The van der Waals surface area contributed by atoms with Gasteiger partial charge in [0.15, 0.2) is 0 Å². The average molecular weight is 213 g/mol. The molecule has 0 aliphatic rings. The van der Waals surface area contributed by atoms with E-state index in [4.69, 9.17) is 11.5 Å². The average Bonchev–Trinajstić information content (AvgIpc) is 2.30. The zero-order valence-electron chi connectivity index (χ0n) is 9.01. The normalized spacial score (nSPS) is 12.3. The molecular weight excluding hydrogens is 198 g/mol. The molecule has 2 aromatic rings. The first-order valence-electron chi connectivity index (χ1n) is 5.26. The molecule has 1 aromatic heterocycles. The third kappa shape index (κ3) is 2.58. The van der Waals surface area contributed by atoms with Gasteiger partial charge in [-0.25, -0.2) is 4.98 Å². The van der Waals surface area contributed by atoms with E-state index in [-0.39, 0.29) is 6.04 Å². The first-order valence-corrected chi connectivity index (χ1v) is 5.26. The number of anilines is 1. The molecule has 1 atom stereocenters. The predicted molar refractivity (Wildman–Crippen MR) is 65.7 cm³/mol. The third-order valence-corrected chi connectivity index (χ3v) is 2.53. The van der Waals surface area contributed by atoms with Crippen LogP contribution in [0, 0.1) is 0 Å². The maximum absolute atomic E-state index is 6.12. The molecule has 4 N–H and O–H groups in total. The van der Waals surface area contributed by atoms with Crippen molar-refractivity contribution in [1.29, 1.82) is 0 Å². The summed E-state index contributed by atoms with van der Waals surface area (Å²) in [6.07, 6.45) is 2.49. The Kier molecular flexibility index (Phi) is 3.17. The standard InChI is InChI=1S/C13H15N3/c14-12(11-4-2-1-3-5-11)8-10-6-7-16-13(15)9-10/h1-7,9,12H,8,14H2,(H2,15,16). The SMILES string of the molecule is Nc1cc(CC(N)c2ccccc2)ccn1. The minimum atomic E-state index is 0.00278. The molecule has 1 unspecified atom stereocenters. The zero-order valence-corrected chi connectivity index (χ0v) is 9.01. The molecular formula is C13H15N3. The Morgan fingerprint density at radius 3 is 2.56 bits per heavy atom. The van der Waals surface area contributed by atoms with Crippen molar-refractivity contribution >= 4 is 5.82 Å². The van der Waals surface area contributed by atoms with E-state index in [0.29, 0.717) is 5.82 Å². The van der Waals surface area contributed by atoms with Crippen molar-refractivity contribution in [2.45, 2.75) is 12.5 Å². The number of benzene rings is 1. The van der Waals surface area contributed by atoms with Crippen LogP contribution in [-0.4, -0.2) is 4.98 Å². The highest BCUT2D eigenvalue weighted by molar-refractivity contribution is 5.33. The van der Waals surface area contributed by atoms with Crippen LogP contribution in [0.1, 0.15) is 17.2 Å². The second-order valence-electron chi connectivity index (χ2n) is 3.81. The topological polar surface area (TPSA) is 64.9 Å². The molecule has 0 fully saturated rings. The highest BCUT2D eigenvalue weighted by atomic mass is 14.8. The molecule has 0 amide bonds. The molecule has 0 aliphatic carbocycles. The van der Waals surface area contributed by atoms with E-state index in [9.17, 15) is 0 Å². The van der Waals surface area contributed by atoms with E-state index in [1.165, 1.54) is 0 Å². The van der Waals surface area contributed by atoms with Gasteiger partial charge in [-0.2, -0.15) is 0 Å². The van der Waals surface area contributed by atoms with E-state index >= 15 is 0 Å². The Hall–Kier alpha value is -1.87. The molecule has 1 aromatic carbocycles. The number of hydrogen-bond donors (Lipinski definition) is 2. The Morgan fingerprint density at radius 2 is 1.88 bits per heavy atom. The molecule has 0 spiro atoms. The molecule has 16 heavy (non-hydrogen) atoms. The summed E-state index contributed by atoms with van der Waals surface area (Å²) < 4.78 is 0. The highest BCUT2D eigenvalue weighted by Gasteiger charge is 2.06. The Morgan fingerprint density at radius 1 is 1.12 bits per heavy atom. The van der Waals surface area contributed by atoms with Gasteiger partial charge in [0.2, 0.25) is 0 Å². The van der Waals surface area contributed by atoms with Gasteiger partial charge in [0.05, 0.1) is 0 Å². The number of nitrogen functional groups attached to an aromatic ring is 1. The van der Waals surface area contributed by atoms with Crippen molar-refractivity contribution in [2.75, 3.05) is 5.73 Å². The molecule has 0 saturated carbocycles. The smallest absolute Gasteiger partial charge is 0.123 e. The van der Waals surface area contributed by atoms with Crippen LogP contribution in [0.4, 0.5) is 5.82 Å². The van der Waals surface area contributed by atoms with Gasteiger partial charge in [0, 0.05) is 12.2 Å². The van der Waals surface area contributed by atoms with Crippen molar-refractivity contribution in [3.05, 3.63) is 59.8 Å². The maximum atomic E-state index is 6.12. The van der Waals surface area contributed by atoms with Gasteiger partial charge in [-0.05, 0) is 29.7 Å². The molecule has 3 nitrogen and oxygen atoms in total. The molecule has 0 aliphatic heterocycles. The summed E-state index contributed by atoms with van der Waals surface area (Å²) in [6, 6.07) is 13.9. The Labute approximate surface area is 95.1 Å². The molecule has 0 bridgehead atoms. The van der Waals surface area contributed by atoms with Gasteiger partial charge in [-0.15, -0.1) is 0 Å². The summed E-state index contributed by atoms with van der Waals surface area (Å²) in [7, 11) is 0. The number of hydrogen-bond acceptors (Lipinski definition) is 3. The highest BCUT2D eigenvalue weighted by Crippen LogP contribution is 2.16. The molecule has 1 heterocycles. The van der Waals surface area contributed by atoms with Crippen molar-refractivity contribution in [1.82, 2.24) is 4.98 Å². The minimum absolute atomic E-state index is 0.00278. The Balaban J connectivity index is 2.11. The second-order valence-corrected chi connectivity index (χ2v) is 3.81. The lowest BCUT2D eigenvalue weighted by Crippen LogP contribution is -2.13. The number of nitrogens with two attached hydrogens (primary N) is 2. The monoisotopic (exact) mass is 213 g/mol. The van der Waals surface area contributed by atoms with Crippen LogP contribution in [0.25, 0.3) is 0 Å². The van der Waals surface area contributed by atoms with Gasteiger partial charge >= 0.3 is 0 Å². The molecule has 82 valence electrons. The first-order chi connectivity index (χ1) is 7.75. The lowest BCUT2D eigenvalue weighted by Gasteiger charge is -2.11. The second kappa shape index (κ2) is 4.77. The largest absolute Gasteiger partial charge is 0.384 e. The van der Waals surface area contributed by atoms with Gasteiger partial charge in [0.25, 0.3) is 0 Å². The van der Waals surface area contributed by atoms with Crippen molar-refractivity contribution in [3.8, 4) is 0 Å². The van der Waals surface area contributed by atoms with Gasteiger partial charge in [-0.3, -0.25) is 0 Å². The quantitative estimate of drug-likeness (QED) is 0.818. The van der Waals surface area contributed by atoms with E-state index in [1.54, 1.807) is 6.20 Å². The number of nitrogens with zero attached hydrogens (tertiary/aromatic N) is 1. The van der Waals surface area contributed by atoms with E-state index in [1.807, 2.05) is 42.5 Å². The van der Waals surface area contributed by atoms with Crippen LogP contribution in [-0.2, 0) is 6.42 Å². The van der Waals surface area contributed by atoms with E-state index < -0.39 is 0 Å². The predicted octanol–water partition coefficient (Wildman–Crippen LogP) is 1.91. The third-order valence-electron chi connectivity index (χ3n) is 2.53. The summed E-state index contributed by atoms with van der Waals surface area (Å²) in [5.41, 5.74) is 14.0. The summed E-state index contributed by atoms with van der Waals surface area (Å²) in [5.74, 6) is 0.540. The van der Waals surface area contributed by atoms with Crippen molar-refractivity contribution in [3.63, 3.8) is 0 Å². The van der Waals surface area contributed by atoms with Crippen LogP contribution < -0.4 is 11.5 Å². The summed E-state index contributed by atoms with van der Waals surface area (Å²) in [5, 5.41) is 0. The molecule has 0 saturated heterocycles. The number of rotatable bonds is 3. The fraction of sp³-hybridized carbons (Fsp3) is 0.154. The first kappa shape index (κ1) is 10.6. The minimum Gasteiger partial charge on any atom is -0.384 e. The number of aromatic nitrogens is 1. The summed E-state index contributed by atoms with van der Waals surface area (Å²) >= 11 is 0. The van der Waals surface area contributed by atoms with Crippen molar-refractivity contribution < 1.29 is 0 Å². The Bertz CT molecular complexity index is 454. The lowest BCUT2D eigenvalue weighted by atomic mass is 10.0. The van der Waals surface area contributed by atoms with Crippen LogP contribution >= 0.6 is 0 Å². The lowest BCUT2D eigenvalue weighted by molar-refractivity contribution is 0.721. The summed E-state index contributed by atoms with van der Waals surface area (Å²) in [4.78, 5) is 3.96. The number of pyridine rings is 1. The fourth-order valence-corrected chi connectivity index (χ4v) is 1.69. The van der Waals surface area contributed by atoms with Crippen LogP contribution in [0.2, 0.25) is 0 Å². The van der Waals surface area contributed by atoms with Gasteiger partial charge in [-0.1, -0.05) is 30.3 Å². The van der Waals surface area contributed by atoms with Crippen LogP contribution in [0.5, 0.6) is 0 Å². The van der Waals surface area contributed by atoms with Crippen molar-refractivity contribution in [2.24, 2.45) is 5.73 Å². The molecule has 3 heteroatoms. The van der Waals surface area contributed by atoms with Crippen LogP contribution in [0.3, 0.4) is 0 Å². The van der Waals surface area contributed by atoms with E-state index in [0.717, 1.165) is 17.5 Å². The van der Waals surface area contributed by atoms with Gasteiger partial charge < -0.3 is 11.5 Å². The molecule has 0 radical (unpaired) electrons. The summed E-state index contributed by atoms with van der Waals surface area (Å²) in [6.45, 7) is 0.